The number of unbranched alkanes of at least 4 members (excludes halogenated alkanes) is 50. The summed E-state index contributed by atoms with van der Waals surface area (Å²) in [5.41, 5.74) is 0. The molecule has 3 N–H and O–H groups in total. The Morgan fingerprint density at radius 3 is 0.857 bits per heavy atom. The SMILES string of the molecule is CC/C=C\C/C=C\C/C=C\C/C=C\CCCCCCCCCCCCCCCCCCCCCCCCCCC(=O)NC(CO)C(O)/C=C/CCCCCCCCCCCCCCCCCCCCCCCCCCCC. The monoisotopic (exact) mass is 1080 g/mol. The second-order valence-corrected chi connectivity index (χ2v) is 23.9. The van der Waals surface area contributed by atoms with E-state index in [1.807, 2.05) is 6.08 Å². The van der Waals surface area contributed by atoms with Crippen molar-refractivity contribution in [2.75, 3.05) is 6.61 Å². The Kier molecular flexibility index (Phi) is 66.7. The van der Waals surface area contributed by atoms with Gasteiger partial charge in [0, 0.05) is 6.42 Å². The van der Waals surface area contributed by atoms with Crippen LogP contribution in [-0.2, 0) is 4.79 Å². The summed E-state index contributed by atoms with van der Waals surface area (Å²) in [6.45, 7) is 4.24. The van der Waals surface area contributed by atoms with Crippen LogP contribution in [0, 0.1) is 0 Å². The number of allylic oxidation sites excluding steroid dienone is 9. The normalized spacial score (nSPS) is 13.0. The Morgan fingerprint density at radius 1 is 0.325 bits per heavy atom. The van der Waals surface area contributed by atoms with Crippen LogP contribution in [0.2, 0.25) is 0 Å². The maximum absolute atomic E-state index is 12.5. The lowest BCUT2D eigenvalue weighted by Crippen LogP contribution is -2.45. The molecule has 1 amide bonds. The molecule has 0 fully saturated rings. The lowest BCUT2D eigenvalue weighted by Gasteiger charge is -2.20. The molecule has 0 bridgehead atoms. The first-order chi connectivity index (χ1) is 38.2. The fourth-order valence-electron chi connectivity index (χ4n) is 11.0. The van der Waals surface area contributed by atoms with Crippen LogP contribution >= 0.6 is 0 Å². The Balaban J connectivity index is 3.41. The average Bonchev–Trinajstić information content (AvgIpc) is 3.43. The van der Waals surface area contributed by atoms with E-state index >= 15 is 0 Å². The van der Waals surface area contributed by atoms with Gasteiger partial charge in [0.1, 0.15) is 0 Å². The zero-order valence-electron chi connectivity index (χ0n) is 52.2. The first-order valence-electron chi connectivity index (χ1n) is 35.0. The van der Waals surface area contributed by atoms with E-state index in [-0.39, 0.29) is 12.5 Å². The van der Waals surface area contributed by atoms with Crippen LogP contribution in [0.15, 0.2) is 60.8 Å². The first-order valence-corrected chi connectivity index (χ1v) is 35.0. The highest BCUT2D eigenvalue weighted by Gasteiger charge is 2.18. The summed E-state index contributed by atoms with van der Waals surface area (Å²) >= 11 is 0. The number of hydrogen-bond donors (Lipinski definition) is 3. The number of carbonyl (C=O) groups excluding carboxylic acids is 1. The predicted octanol–water partition coefficient (Wildman–Crippen LogP) is 23.9. The van der Waals surface area contributed by atoms with E-state index in [1.54, 1.807) is 6.08 Å². The lowest BCUT2D eigenvalue weighted by molar-refractivity contribution is -0.123. The minimum absolute atomic E-state index is 0.0564. The van der Waals surface area contributed by atoms with Crippen molar-refractivity contribution in [2.45, 2.75) is 392 Å². The number of carbonyl (C=O) groups is 1. The van der Waals surface area contributed by atoms with Gasteiger partial charge in [-0.3, -0.25) is 4.79 Å². The predicted molar refractivity (Wildman–Crippen MR) is 345 cm³/mol. The van der Waals surface area contributed by atoms with Gasteiger partial charge in [-0.05, 0) is 57.8 Å². The fourth-order valence-corrected chi connectivity index (χ4v) is 11.0. The van der Waals surface area contributed by atoms with Gasteiger partial charge >= 0.3 is 0 Å². The summed E-state index contributed by atoms with van der Waals surface area (Å²) < 4.78 is 0. The molecule has 0 aliphatic heterocycles. The molecule has 0 aliphatic rings. The second kappa shape index (κ2) is 68.4. The zero-order valence-corrected chi connectivity index (χ0v) is 52.2. The van der Waals surface area contributed by atoms with Crippen molar-refractivity contribution >= 4 is 5.91 Å². The highest BCUT2D eigenvalue weighted by atomic mass is 16.3. The standard InChI is InChI=1S/C73H137NO3/c1-3-5-7-9-11-13-15-17-19-21-23-25-27-29-31-33-34-35-36-37-38-39-40-41-43-45-47-49-51-53-55-57-59-61-63-65-67-69-73(77)74-71(70-75)72(76)68-66-64-62-60-58-56-54-52-50-48-46-44-42-32-30-28-26-24-22-20-18-16-14-12-10-8-6-4-2/h5,7,11,13,17,19,23,25,66,68,71-72,75-76H,3-4,6,8-10,12,14-16,18,20-22,24,26-65,67,69-70H2,1-2H3,(H,74,77)/b7-5-,13-11-,19-17-,25-23-,68-66+. The molecule has 4 nitrogen and oxygen atoms in total. The molecule has 0 saturated heterocycles. The molecule has 452 valence electrons. The number of aliphatic hydroxyl groups excluding tert-OH is 2. The first kappa shape index (κ1) is 75.1. The number of rotatable bonds is 65. The highest BCUT2D eigenvalue weighted by Crippen LogP contribution is 2.19. The van der Waals surface area contributed by atoms with Crippen LogP contribution in [0.3, 0.4) is 0 Å². The van der Waals surface area contributed by atoms with Crippen molar-refractivity contribution in [1.29, 1.82) is 0 Å². The molecule has 4 heteroatoms. The Morgan fingerprint density at radius 2 is 0.571 bits per heavy atom. The van der Waals surface area contributed by atoms with E-state index in [4.69, 9.17) is 0 Å². The van der Waals surface area contributed by atoms with Crippen LogP contribution in [0.1, 0.15) is 380 Å². The highest BCUT2D eigenvalue weighted by molar-refractivity contribution is 5.76. The molecule has 0 aliphatic carbocycles. The molecule has 0 spiro atoms. The van der Waals surface area contributed by atoms with Gasteiger partial charge in [-0.2, -0.15) is 0 Å². The van der Waals surface area contributed by atoms with Crippen LogP contribution in [0.25, 0.3) is 0 Å². The number of nitrogens with one attached hydrogen (secondary N) is 1. The Bertz CT molecular complexity index is 1270. The molecular weight excluding hydrogens is 939 g/mol. The topological polar surface area (TPSA) is 69.6 Å². The Hall–Kier alpha value is -1.91. The fraction of sp³-hybridized carbons (Fsp3) is 0.849. The minimum atomic E-state index is -0.840. The summed E-state index contributed by atoms with van der Waals surface area (Å²) in [7, 11) is 0. The van der Waals surface area contributed by atoms with Crippen molar-refractivity contribution < 1.29 is 15.0 Å². The molecule has 0 aromatic carbocycles. The van der Waals surface area contributed by atoms with Gasteiger partial charge in [0.25, 0.3) is 0 Å². The number of amides is 1. The van der Waals surface area contributed by atoms with Crippen molar-refractivity contribution in [3.05, 3.63) is 60.8 Å². The molecule has 0 radical (unpaired) electrons. The molecule has 0 rings (SSSR count). The molecular formula is C73H137NO3. The molecule has 2 unspecified atom stereocenters. The summed E-state index contributed by atoms with van der Waals surface area (Å²) in [4.78, 5) is 12.5. The van der Waals surface area contributed by atoms with Crippen molar-refractivity contribution in [3.8, 4) is 0 Å². The van der Waals surface area contributed by atoms with Gasteiger partial charge in [0.2, 0.25) is 5.91 Å². The second-order valence-electron chi connectivity index (χ2n) is 23.9. The summed E-state index contributed by atoms with van der Waals surface area (Å²) in [5, 5.41) is 23.3. The summed E-state index contributed by atoms with van der Waals surface area (Å²) in [5.74, 6) is -0.0564. The molecule has 2 atom stereocenters. The van der Waals surface area contributed by atoms with E-state index in [0.29, 0.717) is 6.42 Å². The number of hydrogen-bond acceptors (Lipinski definition) is 3. The lowest BCUT2D eigenvalue weighted by atomic mass is 10.0. The van der Waals surface area contributed by atoms with Gasteiger partial charge in [0.05, 0.1) is 18.8 Å². The van der Waals surface area contributed by atoms with Gasteiger partial charge < -0.3 is 15.5 Å². The van der Waals surface area contributed by atoms with Gasteiger partial charge in [-0.15, -0.1) is 0 Å². The average molecular weight is 1080 g/mol. The van der Waals surface area contributed by atoms with E-state index < -0.39 is 12.1 Å². The maximum atomic E-state index is 12.5. The van der Waals surface area contributed by atoms with E-state index in [0.717, 1.165) is 51.4 Å². The van der Waals surface area contributed by atoms with E-state index in [1.165, 1.54) is 308 Å². The third-order valence-corrected chi connectivity index (χ3v) is 16.3. The van der Waals surface area contributed by atoms with Crippen LogP contribution in [0.5, 0.6) is 0 Å². The van der Waals surface area contributed by atoms with Crippen molar-refractivity contribution in [3.63, 3.8) is 0 Å². The molecule has 77 heavy (non-hydrogen) atoms. The van der Waals surface area contributed by atoms with Gasteiger partial charge in [-0.1, -0.05) is 376 Å². The van der Waals surface area contributed by atoms with Gasteiger partial charge in [0.15, 0.2) is 0 Å². The van der Waals surface area contributed by atoms with Crippen LogP contribution in [0.4, 0.5) is 0 Å². The maximum Gasteiger partial charge on any atom is 0.220 e. The Labute approximate surface area is 483 Å². The van der Waals surface area contributed by atoms with Crippen LogP contribution < -0.4 is 5.32 Å². The number of aliphatic hydroxyl groups is 2. The minimum Gasteiger partial charge on any atom is -0.394 e. The van der Waals surface area contributed by atoms with E-state index in [9.17, 15) is 15.0 Å². The largest absolute Gasteiger partial charge is 0.394 e. The molecule has 0 aromatic heterocycles. The molecule has 0 aromatic rings. The van der Waals surface area contributed by atoms with Crippen molar-refractivity contribution in [1.82, 2.24) is 5.32 Å². The third-order valence-electron chi connectivity index (χ3n) is 16.3. The molecule has 0 heterocycles. The molecule has 0 saturated carbocycles. The smallest absolute Gasteiger partial charge is 0.220 e. The quantitative estimate of drug-likeness (QED) is 0.0420. The third kappa shape index (κ3) is 64.8. The van der Waals surface area contributed by atoms with Gasteiger partial charge in [-0.25, -0.2) is 0 Å². The van der Waals surface area contributed by atoms with Crippen molar-refractivity contribution in [2.24, 2.45) is 0 Å². The summed E-state index contributed by atoms with van der Waals surface area (Å²) in [6, 6.07) is -0.623. The zero-order chi connectivity index (χ0) is 55.5. The van der Waals surface area contributed by atoms with E-state index in [2.05, 4.69) is 67.8 Å². The summed E-state index contributed by atoms with van der Waals surface area (Å²) in [6.07, 6.45) is 97.4. The van der Waals surface area contributed by atoms with Crippen LogP contribution in [-0.4, -0.2) is 34.9 Å².